The van der Waals surface area contributed by atoms with E-state index in [0.717, 1.165) is 82.1 Å². The van der Waals surface area contributed by atoms with Gasteiger partial charge in [0, 0.05) is 50.6 Å². The Kier molecular flexibility index (Phi) is 7.81. The Bertz CT molecular complexity index is 1170. The van der Waals surface area contributed by atoms with Gasteiger partial charge in [0.1, 0.15) is 11.4 Å². The number of piperidine rings is 3. The highest BCUT2D eigenvalue weighted by Gasteiger charge is 2.37. The number of ether oxygens (including phenoxy) is 1. The second-order valence-corrected chi connectivity index (χ2v) is 12.0. The van der Waals surface area contributed by atoms with E-state index >= 15 is 0 Å². The van der Waals surface area contributed by atoms with Crippen molar-refractivity contribution in [2.45, 2.75) is 58.5 Å². The zero-order chi connectivity index (χ0) is 27.6. The van der Waals surface area contributed by atoms with Crippen LogP contribution >= 0.6 is 0 Å². The van der Waals surface area contributed by atoms with Crippen LogP contribution in [0.5, 0.6) is 0 Å². The van der Waals surface area contributed by atoms with Crippen molar-refractivity contribution in [2.75, 3.05) is 54.4 Å². The fourth-order valence-electron chi connectivity index (χ4n) is 5.91. The predicted molar refractivity (Wildman–Crippen MR) is 153 cm³/mol. The molecule has 0 bridgehead atoms. The predicted octanol–water partition coefficient (Wildman–Crippen LogP) is 4.39. The van der Waals surface area contributed by atoms with E-state index in [2.05, 4.69) is 32.2 Å². The molecule has 1 aromatic heterocycles. The monoisotopic (exact) mass is 535 g/mol. The molecule has 2 amide bonds. The first-order chi connectivity index (χ1) is 18.7. The number of aromatic nitrogens is 2. The van der Waals surface area contributed by atoms with Gasteiger partial charge in [0.15, 0.2) is 11.5 Å². The maximum absolute atomic E-state index is 12.6. The van der Waals surface area contributed by atoms with Gasteiger partial charge in [0.25, 0.3) is 5.91 Å². The summed E-state index contributed by atoms with van der Waals surface area (Å²) in [6.45, 7) is 11.0. The number of hydrogen-bond donors (Lipinski definition) is 2. The van der Waals surface area contributed by atoms with Gasteiger partial charge in [-0.3, -0.25) is 4.79 Å². The number of carbonyl (C=O) groups is 2. The third-order valence-electron chi connectivity index (χ3n) is 7.94. The molecule has 5 rings (SSSR count). The second-order valence-electron chi connectivity index (χ2n) is 12.0. The summed E-state index contributed by atoms with van der Waals surface area (Å²) >= 11 is 0. The lowest BCUT2D eigenvalue weighted by Crippen LogP contribution is -2.52. The van der Waals surface area contributed by atoms with Crippen LogP contribution in [0.4, 0.5) is 27.8 Å². The Morgan fingerprint density at radius 1 is 0.949 bits per heavy atom. The molecule has 2 atom stereocenters. The lowest BCUT2D eigenvalue weighted by molar-refractivity contribution is 0.00859. The Morgan fingerprint density at radius 3 is 2.36 bits per heavy atom. The van der Waals surface area contributed by atoms with Crippen LogP contribution in [0, 0.1) is 11.8 Å². The van der Waals surface area contributed by atoms with E-state index in [1.807, 2.05) is 37.8 Å². The molecule has 39 heavy (non-hydrogen) atoms. The van der Waals surface area contributed by atoms with Crippen molar-refractivity contribution in [1.29, 1.82) is 0 Å². The number of benzene rings is 1. The van der Waals surface area contributed by atoms with E-state index in [1.165, 1.54) is 6.42 Å². The molecule has 0 radical (unpaired) electrons. The summed E-state index contributed by atoms with van der Waals surface area (Å²) in [6, 6.07) is 8.16. The Morgan fingerprint density at radius 2 is 1.67 bits per heavy atom. The highest BCUT2D eigenvalue weighted by Crippen LogP contribution is 2.34. The number of hydrogen-bond acceptors (Lipinski definition) is 8. The first kappa shape index (κ1) is 27.0. The normalized spacial score (nSPS) is 21.8. The van der Waals surface area contributed by atoms with Gasteiger partial charge < -0.3 is 30.5 Å². The van der Waals surface area contributed by atoms with E-state index < -0.39 is 11.5 Å². The molecule has 210 valence electrons. The number of likely N-dealkylation sites (tertiary alicyclic amines) is 1. The number of carbonyl (C=O) groups excluding carboxylic acids is 2. The second kappa shape index (κ2) is 11.3. The van der Waals surface area contributed by atoms with E-state index in [4.69, 9.17) is 15.5 Å². The average Bonchev–Trinajstić information content (AvgIpc) is 2.92. The summed E-state index contributed by atoms with van der Waals surface area (Å²) in [5, 5.41) is 3.27. The molecule has 0 saturated carbocycles. The number of rotatable bonds is 5. The Hall–Kier alpha value is -3.56. The lowest BCUT2D eigenvalue weighted by atomic mass is 9.80. The summed E-state index contributed by atoms with van der Waals surface area (Å²) in [6.07, 6.45) is 7.05. The van der Waals surface area contributed by atoms with E-state index in [1.54, 1.807) is 6.20 Å². The lowest BCUT2D eigenvalue weighted by Gasteiger charge is -2.45. The minimum atomic E-state index is -0.609. The maximum Gasteiger partial charge on any atom is 0.410 e. The molecule has 2 aromatic rings. The summed E-state index contributed by atoms with van der Waals surface area (Å²) < 4.78 is 5.62. The van der Waals surface area contributed by atoms with Crippen molar-refractivity contribution < 1.29 is 14.3 Å². The van der Waals surface area contributed by atoms with Gasteiger partial charge in [0.05, 0.1) is 6.20 Å². The maximum atomic E-state index is 12.6. The molecule has 2 unspecified atom stereocenters. The van der Waals surface area contributed by atoms with Crippen LogP contribution in [0.3, 0.4) is 0 Å². The van der Waals surface area contributed by atoms with Crippen LogP contribution in [-0.2, 0) is 4.74 Å². The standard InChI is InChI=1S/C29H41N7O3/c1-29(2,3)39-28(38)36-16-12-20-11-15-35(18-21(20)19-36)23-9-7-22(8-10-23)32-27-25(26(30)37)31-17-24(33-27)34-13-5-4-6-14-34/h7-10,17,20-21H,4-6,11-16,18-19H2,1-3H3,(H2,30,37)(H,32,33). The van der Waals surface area contributed by atoms with Crippen molar-refractivity contribution in [2.24, 2.45) is 17.6 Å². The van der Waals surface area contributed by atoms with Crippen LogP contribution in [0.25, 0.3) is 0 Å². The number of fused-ring (bicyclic) bond motifs is 1. The minimum absolute atomic E-state index is 0.133. The van der Waals surface area contributed by atoms with Crippen molar-refractivity contribution in [1.82, 2.24) is 14.9 Å². The van der Waals surface area contributed by atoms with Crippen molar-refractivity contribution in [3.8, 4) is 0 Å². The zero-order valence-electron chi connectivity index (χ0n) is 23.4. The molecule has 3 fully saturated rings. The summed E-state index contributed by atoms with van der Waals surface area (Å²) in [5.41, 5.74) is 7.19. The molecule has 10 heteroatoms. The van der Waals surface area contributed by atoms with Crippen LogP contribution in [0.1, 0.15) is 63.4 Å². The van der Waals surface area contributed by atoms with Crippen molar-refractivity contribution in [3.63, 3.8) is 0 Å². The van der Waals surface area contributed by atoms with Crippen LogP contribution in [0.2, 0.25) is 0 Å². The van der Waals surface area contributed by atoms with Gasteiger partial charge in [-0.05, 0) is 89.0 Å². The molecule has 3 aliphatic heterocycles. The Balaban J connectivity index is 1.25. The van der Waals surface area contributed by atoms with Gasteiger partial charge in [-0.1, -0.05) is 0 Å². The number of nitrogens with zero attached hydrogens (tertiary/aromatic N) is 5. The SMILES string of the molecule is CC(C)(C)OC(=O)N1CCC2CCN(c3ccc(Nc4nc(N5CCCCC5)cnc4C(N)=O)cc3)CC2C1. The van der Waals surface area contributed by atoms with Gasteiger partial charge in [0.2, 0.25) is 0 Å². The molecule has 1 aromatic carbocycles. The largest absolute Gasteiger partial charge is 0.444 e. The van der Waals surface area contributed by atoms with E-state index in [-0.39, 0.29) is 11.8 Å². The minimum Gasteiger partial charge on any atom is -0.444 e. The average molecular weight is 536 g/mol. The molecule has 0 spiro atoms. The fraction of sp³-hybridized carbons (Fsp3) is 0.586. The highest BCUT2D eigenvalue weighted by atomic mass is 16.6. The molecular formula is C29H41N7O3. The van der Waals surface area contributed by atoms with Crippen LogP contribution in [0.15, 0.2) is 30.5 Å². The molecule has 3 N–H and O–H groups in total. The summed E-state index contributed by atoms with van der Waals surface area (Å²) in [5.74, 6) is 1.59. The molecule has 0 aliphatic carbocycles. The first-order valence-electron chi connectivity index (χ1n) is 14.2. The van der Waals surface area contributed by atoms with Gasteiger partial charge in [-0.15, -0.1) is 0 Å². The smallest absolute Gasteiger partial charge is 0.410 e. The van der Waals surface area contributed by atoms with Gasteiger partial charge in [-0.2, -0.15) is 0 Å². The third-order valence-corrected chi connectivity index (χ3v) is 7.94. The van der Waals surface area contributed by atoms with E-state index in [9.17, 15) is 9.59 Å². The third kappa shape index (κ3) is 6.54. The molecule has 3 saturated heterocycles. The van der Waals surface area contributed by atoms with E-state index in [0.29, 0.717) is 17.7 Å². The summed E-state index contributed by atoms with van der Waals surface area (Å²) in [7, 11) is 0. The number of nitrogens with one attached hydrogen (secondary N) is 1. The zero-order valence-corrected chi connectivity index (χ0v) is 23.4. The van der Waals surface area contributed by atoms with Crippen LogP contribution < -0.4 is 20.9 Å². The van der Waals surface area contributed by atoms with Gasteiger partial charge in [-0.25, -0.2) is 14.8 Å². The number of primary amides is 1. The molecule has 4 heterocycles. The van der Waals surface area contributed by atoms with Gasteiger partial charge >= 0.3 is 6.09 Å². The topological polar surface area (TPSA) is 117 Å². The Labute approximate surface area is 230 Å². The number of anilines is 4. The van der Waals surface area contributed by atoms with Crippen molar-refractivity contribution >= 4 is 35.0 Å². The van der Waals surface area contributed by atoms with Crippen LogP contribution in [-0.4, -0.2) is 71.7 Å². The quantitative estimate of drug-likeness (QED) is 0.579. The number of amides is 2. The first-order valence-corrected chi connectivity index (χ1v) is 14.2. The highest BCUT2D eigenvalue weighted by molar-refractivity contribution is 5.96. The fourth-order valence-corrected chi connectivity index (χ4v) is 5.91. The molecule has 10 nitrogen and oxygen atoms in total. The molecule has 3 aliphatic rings. The van der Waals surface area contributed by atoms with Crippen molar-refractivity contribution in [3.05, 3.63) is 36.2 Å². The number of nitrogens with two attached hydrogens (primary N) is 1. The molecular weight excluding hydrogens is 494 g/mol. The summed E-state index contributed by atoms with van der Waals surface area (Å²) in [4.78, 5) is 40.2.